The second-order valence-corrected chi connectivity index (χ2v) is 5.06. The van der Waals surface area contributed by atoms with Gasteiger partial charge >= 0.3 is 12.0 Å². The van der Waals surface area contributed by atoms with Crippen molar-refractivity contribution in [1.82, 2.24) is 10.6 Å². The minimum Gasteiger partial charge on any atom is -0.481 e. The lowest BCUT2D eigenvalue weighted by atomic mass is 10.1. The van der Waals surface area contributed by atoms with E-state index in [1.54, 1.807) is 12.1 Å². The van der Waals surface area contributed by atoms with Crippen molar-refractivity contribution >= 4 is 17.7 Å². The molecule has 0 atom stereocenters. The van der Waals surface area contributed by atoms with Crippen molar-refractivity contribution in [2.75, 3.05) is 13.1 Å². The van der Waals surface area contributed by atoms with Gasteiger partial charge in [-0.1, -0.05) is 12.1 Å². The molecule has 0 fully saturated rings. The first-order chi connectivity index (χ1) is 11.0. The van der Waals surface area contributed by atoms with Gasteiger partial charge in [0.1, 0.15) is 0 Å². The second kappa shape index (κ2) is 10.1. The number of hydrogen-bond acceptors (Lipinski definition) is 4. The van der Waals surface area contributed by atoms with Gasteiger partial charge in [-0.3, -0.25) is 14.9 Å². The van der Waals surface area contributed by atoms with Crippen LogP contribution in [-0.2, 0) is 11.2 Å². The number of carboxylic acids is 1. The van der Waals surface area contributed by atoms with E-state index in [4.69, 9.17) is 5.11 Å². The van der Waals surface area contributed by atoms with E-state index < -0.39 is 10.9 Å². The van der Waals surface area contributed by atoms with Crippen LogP contribution in [0, 0.1) is 10.1 Å². The lowest BCUT2D eigenvalue weighted by Crippen LogP contribution is -2.36. The first-order valence-electron chi connectivity index (χ1n) is 7.46. The van der Waals surface area contributed by atoms with Gasteiger partial charge in [-0.25, -0.2) is 4.79 Å². The van der Waals surface area contributed by atoms with Gasteiger partial charge in [0.15, 0.2) is 0 Å². The molecule has 0 aromatic heterocycles. The van der Waals surface area contributed by atoms with E-state index in [2.05, 4.69) is 10.6 Å². The van der Waals surface area contributed by atoms with Crippen LogP contribution in [0.25, 0.3) is 0 Å². The summed E-state index contributed by atoms with van der Waals surface area (Å²) in [5.41, 5.74) is 1.10. The third kappa shape index (κ3) is 8.40. The summed E-state index contributed by atoms with van der Waals surface area (Å²) >= 11 is 0. The molecule has 0 radical (unpaired) electrons. The molecule has 0 saturated carbocycles. The van der Waals surface area contributed by atoms with Crippen LogP contribution in [0.4, 0.5) is 10.5 Å². The van der Waals surface area contributed by atoms with Gasteiger partial charge in [-0.15, -0.1) is 0 Å². The number of urea groups is 1. The summed E-state index contributed by atoms with van der Waals surface area (Å²) in [5, 5.41) is 24.3. The van der Waals surface area contributed by atoms with Crippen molar-refractivity contribution in [2.24, 2.45) is 0 Å². The van der Waals surface area contributed by atoms with Gasteiger partial charge in [0.05, 0.1) is 4.92 Å². The van der Waals surface area contributed by atoms with E-state index >= 15 is 0 Å². The van der Waals surface area contributed by atoms with E-state index in [9.17, 15) is 19.7 Å². The molecule has 1 rings (SSSR count). The SMILES string of the molecule is O=C(O)CCCNC(=O)NCCCCc1ccc([N+](=O)[O-])cc1. The number of benzene rings is 1. The van der Waals surface area contributed by atoms with Crippen molar-refractivity contribution in [2.45, 2.75) is 32.1 Å². The summed E-state index contributed by atoms with van der Waals surface area (Å²) < 4.78 is 0. The first-order valence-corrected chi connectivity index (χ1v) is 7.46. The second-order valence-electron chi connectivity index (χ2n) is 5.06. The standard InChI is InChI=1S/C15H21N3O5/c19-14(20)5-3-11-17-15(21)16-10-2-1-4-12-6-8-13(9-7-12)18(22)23/h6-9H,1-5,10-11H2,(H,19,20)(H2,16,17,21). The maximum absolute atomic E-state index is 11.4. The molecule has 0 unspecified atom stereocenters. The Morgan fingerprint density at radius 3 is 2.22 bits per heavy atom. The normalized spacial score (nSPS) is 10.1. The summed E-state index contributed by atoms with van der Waals surface area (Å²) in [6.07, 6.45) is 2.88. The lowest BCUT2D eigenvalue weighted by Gasteiger charge is -2.07. The van der Waals surface area contributed by atoms with Crippen LogP contribution in [0.15, 0.2) is 24.3 Å². The van der Waals surface area contributed by atoms with E-state index in [1.165, 1.54) is 12.1 Å². The summed E-state index contributed by atoms with van der Waals surface area (Å²) in [5.74, 6) is -0.876. The first kappa shape index (κ1) is 18.4. The van der Waals surface area contributed by atoms with Crippen molar-refractivity contribution in [3.8, 4) is 0 Å². The van der Waals surface area contributed by atoms with Crippen LogP contribution in [0.5, 0.6) is 0 Å². The van der Waals surface area contributed by atoms with E-state index in [1.807, 2.05) is 0 Å². The quantitative estimate of drug-likeness (QED) is 0.346. The fourth-order valence-electron chi connectivity index (χ4n) is 1.94. The average Bonchev–Trinajstić information content (AvgIpc) is 2.51. The molecule has 0 saturated heterocycles. The fraction of sp³-hybridized carbons (Fsp3) is 0.467. The van der Waals surface area contributed by atoms with Crippen molar-refractivity contribution in [1.29, 1.82) is 0 Å². The number of nitro groups is 1. The Kier molecular flexibility index (Phi) is 8.12. The monoisotopic (exact) mass is 323 g/mol. The van der Waals surface area contributed by atoms with Gasteiger partial charge in [-0.05, 0) is 31.2 Å². The molecular formula is C15H21N3O5. The van der Waals surface area contributed by atoms with Crippen LogP contribution < -0.4 is 10.6 Å². The number of aliphatic carboxylic acids is 1. The molecule has 0 aliphatic carbocycles. The van der Waals surface area contributed by atoms with Gasteiger partial charge in [0, 0.05) is 31.6 Å². The summed E-state index contributed by atoms with van der Waals surface area (Å²) in [4.78, 5) is 31.8. The number of non-ortho nitro benzene ring substituents is 1. The smallest absolute Gasteiger partial charge is 0.314 e. The predicted molar refractivity (Wildman–Crippen MR) is 84.3 cm³/mol. The minimum absolute atomic E-state index is 0.0372. The number of rotatable bonds is 10. The van der Waals surface area contributed by atoms with Crippen molar-refractivity contribution in [3.05, 3.63) is 39.9 Å². The Bertz CT molecular complexity index is 530. The predicted octanol–water partition coefficient (Wildman–Crippen LogP) is 2.08. The average molecular weight is 323 g/mol. The van der Waals surface area contributed by atoms with Crippen LogP contribution in [0.3, 0.4) is 0 Å². The molecule has 1 aromatic rings. The molecule has 0 aliphatic heterocycles. The number of amides is 2. The highest BCUT2D eigenvalue weighted by Gasteiger charge is 2.04. The number of carboxylic acid groups (broad SMARTS) is 1. The molecule has 2 amide bonds. The number of unbranched alkanes of at least 4 members (excludes halogenated alkanes) is 1. The molecule has 23 heavy (non-hydrogen) atoms. The zero-order valence-corrected chi connectivity index (χ0v) is 12.8. The van der Waals surface area contributed by atoms with Crippen molar-refractivity contribution in [3.63, 3.8) is 0 Å². The van der Waals surface area contributed by atoms with Crippen LogP contribution in [0.1, 0.15) is 31.2 Å². The Labute approximate surface area is 134 Å². The van der Waals surface area contributed by atoms with Crippen LogP contribution >= 0.6 is 0 Å². The van der Waals surface area contributed by atoms with Crippen molar-refractivity contribution < 1.29 is 19.6 Å². The van der Waals surface area contributed by atoms with E-state index in [0.29, 0.717) is 19.5 Å². The topological polar surface area (TPSA) is 122 Å². The summed E-state index contributed by atoms with van der Waals surface area (Å²) in [6.45, 7) is 0.860. The fourth-order valence-corrected chi connectivity index (χ4v) is 1.94. The molecular weight excluding hydrogens is 302 g/mol. The Morgan fingerprint density at radius 1 is 1.04 bits per heavy atom. The molecule has 126 valence electrons. The highest BCUT2D eigenvalue weighted by Crippen LogP contribution is 2.13. The largest absolute Gasteiger partial charge is 0.481 e. The van der Waals surface area contributed by atoms with Gasteiger partial charge in [0.25, 0.3) is 5.69 Å². The zero-order valence-electron chi connectivity index (χ0n) is 12.8. The molecule has 0 bridgehead atoms. The molecule has 1 aromatic carbocycles. The molecule has 8 nitrogen and oxygen atoms in total. The van der Waals surface area contributed by atoms with Gasteiger partial charge in [0.2, 0.25) is 0 Å². The van der Waals surface area contributed by atoms with Crippen LogP contribution in [0.2, 0.25) is 0 Å². The number of carbonyl (C=O) groups excluding carboxylic acids is 1. The number of nitrogens with one attached hydrogen (secondary N) is 2. The summed E-state index contributed by atoms with van der Waals surface area (Å²) in [7, 11) is 0. The van der Waals surface area contributed by atoms with Gasteiger partial charge < -0.3 is 15.7 Å². The highest BCUT2D eigenvalue weighted by molar-refractivity contribution is 5.73. The highest BCUT2D eigenvalue weighted by atomic mass is 16.6. The number of carbonyl (C=O) groups is 2. The van der Waals surface area contributed by atoms with E-state index in [0.717, 1.165) is 24.8 Å². The number of hydrogen-bond donors (Lipinski definition) is 3. The Balaban J connectivity index is 2.07. The maximum Gasteiger partial charge on any atom is 0.314 e. The Hall–Kier alpha value is -2.64. The molecule has 0 aliphatic rings. The zero-order chi connectivity index (χ0) is 17.1. The number of nitro benzene ring substituents is 1. The maximum atomic E-state index is 11.4. The molecule has 3 N–H and O–H groups in total. The van der Waals surface area contributed by atoms with Crippen LogP contribution in [-0.4, -0.2) is 35.1 Å². The minimum atomic E-state index is -0.876. The summed E-state index contributed by atoms with van der Waals surface area (Å²) in [6, 6.07) is 6.14. The number of nitrogens with zero attached hydrogens (tertiary/aromatic N) is 1. The Morgan fingerprint density at radius 2 is 1.65 bits per heavy atom. The third-order valence-corrected chi connectivity index (χ3v) is 3.18. The lowest BCUT2D eigenvalue weighted by molar-refractivity contribution is -0.384. The van der Waals surface area contributed by atoms with Gasteiger partial charge in [-0.2, -0.15) is 0 Å². The molecule has 0 spiro atoms. The third-order valence-electron chi connectivity index (χ3n) is 3.18. The molecule has 8 heteroatoms. The molecule has 0 heterocycles. The number of aryl methyl sites for hydroxylation is 1. The van der Waals surface area contributed by atoms with E-state index in [-0.39, 0.29) is 18.1 Å².